The maximum Gasteiger partial charge on any atom is 0.305 e. The molecule has 2 N–H and O–H groups in total. The molecule has 148 valence electrons. The second kappa shape index (κ2) is 8.85. The molecule has 1 atom stereocenters. The highest BCUT2D eigenvalue weighted by atomic mass is 16.6. The fourth-order valence-corrected chi connectivity index (χ4v) is 2.74. The molecule has 0 saturated carbocycles. The Balaban J connectivity index is 2.36. The van der Waals surface area contributed by atoms with Crippen molar-refractivity contribution in [3.05, 3.63) is 63.2 Å². The predicted molar refractivity (Wildman–Crippen MR) is 99.8 cm³/mol. The van der Waals surface area contributed by atoms with E-state index in [1.54, 1.807) is 25.1 Å². The second-order valence-electron chi connectivity index (χ2n) is 6.05. The number of nitrogens with one attached hydrogen (secondary N) is 1. The third kappa shape index (κ3) is 4.97. The number of non-ortho nitro benzene ring substituents is 1. The summed E-state index contributed by atoms with van der Waals surface area (Å²) in [5, 5.41) is 22.9. The van der Waals surface area contributed by atoms with E-state index in [9.17, 15) is 24.8 Å². The number of ether oxygens (including phenoxy) is 2. The van der Waals surface area contributed by atoms with Crippen molar-refractivity contribution < 1.29 is 29.1 Å². The number of carboxylic acids is 1. The Hall–Kier alpha value is -3.62. The van der Waals surface area contributed by atoms with Gasteiger partial charge in [0.15, 0.2) is 11.5 Å². The van der Waals surface area contributed by atoms with E-state index < -0.39 is 22.8 Å². The molecule has 9 nitrogen and oxygen atoms in total. The van der Waals surface area contributed by atoms with Crippen LogP contribution in [-0.4, -0.2) is 36.1 Å². The summed E-state index contributed by atoms with van der Waals surface area (Å²) in [6.07, 6.45) is -0.380. The van der Waals surface area contributed by atoms with Crippen LogP contribution >= 0.6 is 0 Å². The first-order chi connectivity index (χ1) is 13.2. The molecule has 0 aliphatic carbocycles. The van der Waals surface area contributed by atoms with Crippen LogP contribution in [0.5, 0.6) is 11.5 Å². The number of carbonyl (C=O) groups is 2. The number of amides is 1. The third-order valence-electron chi connectivity index (χ3n) is 4.03. The lowest BCUT2D eigenvalue weighted by molar-refractivity contribution is -0.384. The van der Waals surface area contributed by atoms with E-state index in [2.05, 4.69) is 5.32 Å². The zero-order valence-corrected chi connectivity index (χ0v) is 15.6. The molecule has 2 rings (SSSR count). The fraction of sp³-hybridized carbons (Fsp3) is 0.263. The summed E-state index contributed by atoms with van der Waals surface area (Å²) in [5.41, 5.74) is 0.893. The minimum absolute atomic E-state index is 0.0718. The van der Waals surface area contributed by atoms with Crippen molar-refractivity contribution in [1.29, 1.82) is 0 Å². The topological polar surface area (TPSA) is 128 Å². The standard InChI is InChI=1S/C19H20N2O7/c1-11-6-13(8-14(7-11)21(25)26)19(24)20-15(10-18(22)23)12-4-5-16(27-2)17(9-12)28-3/h4-9,15H,10H2,1-3H3,(H,20,24)(H,22,23). The van der Waals surface area contributed by atoms with Gasteiger partial charge in [0, 0.05) is 17.7 Å². The number of hydrogen-bond acceptors (Lipinski definition) is 6. The first-order valence-electron chi connectivity index (χ1n) is 8.25. The van der Waals surface area contributed by atoms with Crippen molar-refractivity contribution in [2.24, 2.45) is 0 Å². The van der Waals surface area contributed by atoms with Gasteiger partial charge in [0.2, 0.25) is 0 Å². The first kappa shape index (κ1) is 20.7. The molecule has 0 fully saturated rings. The number of hydrogen-bond donors (Lipinski definition) is 2. The maximum atomic E-state index is 12.6. The molecule has 0 aliphatic heterocycles. The molecule has 28 heavy (non-hydrogen) atoms. The number of aryl methyl sites for hydroxylation is 1. The number of methoxy groups -OCH3 is 2. The lowest BCUT2D eigenvalue weighted by Gasteiger charge is -2.19. The van der Waals surface area contributed by atoms with Crippen LogP contribution in [0.4, 0.5) is 5.69 Å². The van der Waals surface area contributed by atoms with E-state index in [0.717, 1.165) is 6.07 Å². The number of nitro benzene ring substituents is 1. The number of benzene rings is 2. The van der Waals surface area contributed by atoms with Crippen LogP contribution in [0.25, 0.3) is 0 Å². The largest absolute Gasteiger partial charge is 0.493 e. The van der Waals surface area contributed by atoms with Crippen molar-refractivity contribution in [3.63, 3.8) is 0 Å². The van der Waals surface area contributed by atoms with Gasteiger partial charge < -0.3 is 19.9 Å². The van der Waals surface area contributed by atoms with E-state index in [4.69, 9.17) is 9.47 Å². The average molecular weight is 388 g/mol. The van der Waals surface area contributed by atoms with Gasteiger partial charge in [0.25, 0.3) is 11.6 Å². The van der Waals surface area contributed by atoms with Gasteiger partial charge in [-0.05, 0) is 36.2 Å². The van der Waals surface area contributed by atoms with Crippen molar-refractivity contribution in [1.82, 2.24) is 5.32 Å². The van der Waals surface area contributed by atoms with Crippen LogP contribution < -0.4 is 14.8 Å². The molecule has 9 heteroatoms. The van der Waals surface area contributed by atoms with Crippen LogP contribution in [0, 0.1) is 17.0 Å². The smallest absolute Gasteiger partial charge is 0.305 e. The minimum atomic E-state index is -1.12. The van der Waals surface area contributed by atoms with Gasteiger partial charge in [0.05, 0.1) is 31.6 Å². The second-order valence-corrected chi connectivity index (χ2v) is 6.05. The first-order valence-corrected chi connectivity index (χ1v) is 8.25. The van der Waals surface area contributed by atoms with E-state index in [1.807, 2.05) is 0 Å². The number of carboxylic acid groups (broad SMARTS) is 1. The number of aliphatic carboxylic acids is 1. The Morgan fingerprint density at radius 3 is 2.39 bits per heavy atom. The van der Waals surface area contributed by atoms with Crippen molar-refractivity contribution in [2.45, 2.75) is 19.4 Å². The minimum Gasteiger partial charge on any atom is -0.493 e. The SMILES string of the molecule is COc1ccc(C(CC(=O)O)NC(=O)c2cc(C)cc([N+](=O)[O-])c2)cc1OC. The maximum absolute atomic E-state index is 12.6. The van der Waals surface area contributed by atoms with Gasteiger partial charge in [-0.15, -0.1) is 0 Å². The van der Waals surface area contributed by atoms with E-state index in [-0.39, 0.29) is 17.7 Å². The summed E-state index contributed by atoms with van der Waals surface area (Å²) in [7, 11) is 2.91. The Morgan fingerprint density at radius 1 is 1.14 bits per heavy atom. The molecule has 0 spiro atoms. The van der Waals surface area contributed by atoms with Gasteiger partial charge in [-0.1, -0.05) is 6.07 Å². The molecule has 0 radical (unpaired) electrons. The lowest BCUT2D eigenvalue weighted by atomic mass is 10.0. The van der Waals surface area contributed by atoms with Crippen LogP contribution in [0.1, 0.15) is 33.9 Å². The van der Waals surface area contributed by atoms with Crippen molar-refractivity contribution in [3.8, 4) is 11.5 Å². The summed E-state index contributed by atoms with van der Waals surface area (Å²) in [6, 6.07) is 7.92. The Morgan fingerprint density at radius 2 is 1.82 bits per heavy atom. The number of carbonyl (C=O) groups excluding carboxylic acids is 1. The molecule has 0 bridgehead atoms. The molecule has 1 amide bonds. The number of nitrogens with zero attached hydrogens (tertiary/aromatic N) is 1. The molecule has 0 heterocycles. The average Bonchev–Trinajstić information content (AvgIpc) is 2.65. The molecular weight excluding hydrogens is 368 g/mol. The lowest BCUT2D eigenvalue weighted by Crippen LogP contribution is -2.30. The van der Waals surface area contributed by atoms with Crippen LogP contribution in [0.3, 0.4) is 0 Å². The van der Waals surface area contributed by atoms with Gasteiger partial charge in [-0.25, -0.2) is 0 Å². The van der Waals surface area contributed by atoms with E-state index in [1.165, 1.54) is 26.4 Å². The zero-order valence-electron chi connectivity index (χ0n) is 15.6. The normalized spacial score (nSPS) is 11.4. The fourth-order valence-electron chi connectivity index (χ4n) is 2.74. The molecule has 2 aromatic carbocycles. The van der Waals surface area contributed by atoms with Crippen molar-refractivity contribution >= 4 is 17.6 Å². The number of nitro groups is 1. The highest BCUT2D eigenvalue weighted by Gasteiger charge is 2.22. The Labute approximate surface area is 161 Å². The summed E-state index contributed by atoms with van der Waals surface area (Å²) >= 11 is 0. The Bertz CT molecular complexity index is 911. The van der Waals surface area contributed by atoms with Gasteiger partial charge in [-0.2, -0.15) is 0 Å². The van der Waals surface area contributed by atoms with Gasteiger partial charge in [0.1, 0.15) is 0 Å². The van der Waals surface area contributed by atoms with Crippen LogP contribution in [-0.2, 0) is 4.79 Å². The third-order valence-corrected chi connectivity index (χ3v) is 4.03. The zero-order chi connectivity index (χ0) is 20.8. The molecular formula is C19H20N2O7. The molecule has 1 unspecified atom stereocenters. The van der Waals surface area contributed by atoms with Crippen molar-refractivity contribution in [2.75, 3.05) is 14.2 Å². The summed E-state index contributed by atoms with van der Waals surface area (Å²) < 4.78 is 10.4. The Kier molecular flexibility index (Phi) is 6.54. The molecule has 0 aromatic heterocycles. The monoisotopic (exact) mass is 388 g/mol. The number of rotatable bonds is 8. The van der Waals surface area contributed by atoms with Gasteiger partial charge >= 0.3 is 5.97 Å². The summed E-state index contributed by atoms with van der Waals surface area (Å²) in [6.45, 7) is 1.63. The van der Waals surface area contributed by atoms with E-state index >= 15 is 0 Å². The summed E-state index contributed by atoms with van der Waals surface area (Å²) in [4.78, 5) is 34.3. The highest BCUT2D eigenvalue weighted by molar-refractivity contribution is 5.95. The predicted octanol–water partition coefficient (Wildman–Crippen LogP) is 2.87. The molecule has 2 aromatic rings. The summed E-state index contributed by atoms with van der Waals surface area (Å²) in [5.74, 6) is -0.889. The molecule has 0 saturated heterocycles. The van der Waals surface area contributed by atoms with E-state index in [0.29, 0.717) is 22.6 Å². The quantitative estimate of drug-likeness (QED) is 0.525. The van der Waals surface area contributed by atoms with Crippen LogP contribution in [0.2, 0.25) is 0 Å². The van der Waals surface area contributed by atoms with Gasteiger partial charge in [-0.3, -0.25) is 19.7 Å². The van der Waals surface area contributed by atoms with Crippen LogP contribution in [0.15, 0.2) is 36.4 Å². The highest BCUT2D eigenvalue weighted by Crippen LogP contribution is 2.31. The molecule has 0 aliphatic rings.